The van der Waals surface area contributed by atoms with E-state index >= 15 is 0 Å². The maximum absolute atomic E-state index is 4.39. The van der Waals surface area contributed by atoms with Crippen molar-refractivity contribution in [1.82, 2.24) is 0 Å². The zero-order valence-electron chi connectivity index (χ0n) is 15.3. The Balaban J connectivity index is 3.73. The van der Waals surface area contributed by atoms with Gasteiger partial charge >= 0.3 is 0 Å². The van der Waals surface area contributed by atoms with E-state index in [-0.39, 0.29) is 21.7 Å². The van der Waals surface area contributed by atoms with E-state index in [0.29, 0.717) is 11.3 Å². The molecule has 1 fully saturated rings. The van der Waals surface area contributed by atoms with Gasteiger partial charge in [0.1, 0.15) is 0 Å². The molecule has 19 heavy (non-hydrogen) atoms. The van der Waals surface area contributed by atoms with Crippen molar-refractivity contribution in [2.45, 2.75) is 76.2 Å². The Hall–Kier alpha value is -0.260. The van der Waals surface area contributed by atoms with Crippen LogP contribution in [0.4, 0.5) is 0 Å². The van der Waals surface area contributed by atoms with E-state index < -0.39 is 0 Å². The molecule has 0 aromatic rings. The van der Waals surface area contributed by atoms with Crippen LogP contribution >= 0.6 is 0 Å². The molecule has 0 heterocycles. The van der Waals surface area contributed by atoms with Crippen molar-refractivity contribution in [3.05, 3.63) is 12.2 Å². The fraction of sp³-hybridized carbons (Fsp3) is 0.895. The van der Waals surface area contributed by atoms with Gasteiger partial charge < -0.3 is 0 Å². The third-order valence-corrected chi connectivity index (χ3v) is 8.73. The SMILES string of the molecule is C=C(C)C1(C)C(C)(C)C(C)C(C)(C)C(C)(C)C1(C)C. The molecule has 2 unspecified atom stereocenters. The molecule has 0 heteroatoms. The summed E-state index contributed by atoms with van der Waals surface area (Å²) in [6, 6.07) is 0. The molecule has 0 spiro atoms. The van der Waals surface area contributed by atoms with Crippen LogP contribution in [0.2, 0.25) is 0 Å². The third-order valence-electron chi connectivity index (χ3n) is 8.73. The normalized spacial score (nSPS) is 38.8. The molecule has 1 aliphatic carbocycles. The fourth-order valence-electron chi connectivity index (χ4n) is 5.20. The van der Waals surface area contributed by atoms with Gasteiger partial charge in [-0.3, -0.25) is 0 Å². The lowest BCUT2D eigenvalue weighted by molar-refractivity contribution is -0.234. The first-order valence-corrected chi connectivity index (χ1v) is 7.76. The predicted molar refractivity (Wildman–Crippen MR) is 87.2 cm³/mol. The quantitative estimate of drug-likeness (QED) is 0.486. The van der Waals surface area contributed by atoms with Gasteiger partial charge in [-0.15, -0.1) is 0 Å². The smallest absolute Gasteiger partial charge is 0.00116 e. The zero-order chi connectivity index (χ0) is 15.7. The highest BCUT2D eigenvalue weighted by Crippen LogP contribution is 2.75. The van der Waals surface area contributed by atoms with Crippen molar-refractivity contribution in [1.29, 1.82) is 0 Å². The standard InChI is InChI=1S/C19H36/c1-13(2)19(12)16(6,7)14(3)15(4,5)17(8,9)18(19,10)11/h14H,1H2,2-12H3. The molecule has 1 aliphatic rings. The summed E-state index contributed by atoms with van der Waals surface area (Å²) >= 11 is 0. The zero-order valence-corrected chi connectivity index (χ0v) is 15.3. The largest absolute Gasteiger partial charge is 0.0995 e. The van der Waals surface area contributed by atoms with Gasteiger partial charge in [-0.2, -0.15) is 0 Å². The molecule has 0 radical (unpaired) electrons. The van der Waals surface area contributed by atoms with Gasteiger partial charge in [0.25, 0.3) is 0 Å². The average molecular weight is 264 g/mol. The molecule has 0 aromatic carbocycles. The van der Waals surface area contributed by atoms with Crippen molar-refractivity contribution < 1.29 is 0 Å². The monoisotopic (exact) mass is 264 g/mol. The van der Waals surface area contributed by atoms with E-state index in [1.54, 1.807) is 0 Å². The van der Waals surface area contributed by atoms with Crippen LogP contribution in [-0.4, -0.2) is 0 Å². The molecule has 0 saturated heterocycles. The van der Waals surface area contributed by atoms with Gasteiger partial charge in [0.15, 0.2) is 0 Å². The lowest BCUT2D eigenvalue weighted by Crippen LogP contribution is -2.67. The summed E-state index contributed by atoms with van der Waals surface area (Å²) in [5.41, 5.74) is 2.46. The van der Waals surface area contributed by atoms with Crippen LogP contribution in [0.15, 0.2) is 12.2 Å². The Morgan fingerprint density at radius 1 is 0.737 bits per heavy atom. The second kappa shape index (κ2) is 3.89. The van der Waals surface area contributed by atoms with Crippen LogP contribution < -0.4 is 0 Å². The van der Waals surface area contributed by atoms with Crippen molar-refractivity contribution in [2.24, 2.45) is 33.0 Å². The Morgan fingerprint density at radius 2 is 1.11 bits per heavy atom. The molecule has 0 aromatic heterocycles. The first-order chi connectivity index (χ1) is 8.10. The Labute approximate surface area is 122 Å². The van der Waals surface area contributed by atoms with E-state index in [0.717, 1.165) is 0 Å². The van der Waals surface area contributed by atoms with Crippen molar-refractivity contribution in [3.8, 4) is 0 Å². The number of hydrogen-bond acceptors (Lipinski definition) is 0. The molecular formula is C19H36. The Morgan fingerprint density at radius 3 is 1.42 bits per heavy atom. The van der Waals surface area contributed by atoms with Crippen molar-refractivity contribution in [2.75, 3.05) is 0 Å². The van der Waals surface area contributed by atoms with Crippen LogP contribution in [0.25, 0.3) is 0 Å². The molecule has 0 nitrogen and oxygen atoms in total. The molecule has 1 rings (SSSR count). The minimum atomic E-state index is 0.137. The van der Waals surface area contributed by atoms with Crippen LogP contribution in [0.3, 0.4) is 0 Å². The fourth-order valence-corrected chi connectivity index (χ4v) is 5.20. The van der Waals surface area contributed by atoms with Gasteiger partial charge in [0, 0.05) is 0 Å². The first-order valence-electron chi connectivity index (χ1n) is 7.76. The highest BCUT2D eigenvalue weighted by atomic mass is 14.7. The van der Waals surface area contributed by atoms with E-state index in [9.17, 15) is 0 Å². The second-order valence-corrected chi connectivity index (χ2v) is 9.32. The Kier molecular flexibility index (Phi) is 3.44. The summed E-state index contributed by atoms with van der Waals surface area (Å²) in [6.45, 7) is 31.1. The van der Waals surface area contributed by atoms with Gasteiger partial charge in [0.05, 0.1) is 0 Å². The summed E-state index contributed by atoms with van der Waals surface area (Å²) in [5.74, 6) is 0.643. The minimum Gasteiger partial charge on any atom is -0.0995 e. The summed E-state index contributed by atoms with van der Waals surface area (Å²) in [5, 5.41) is 0. The van der Waals surface area contributed by atoms with Crippen LogP contribution in [-0.2, 0) is 0 Å². The van der Waals surface area contributed by atoms with E-state index in [1.807, 2.05) is 0 Å². The van der Waals surface area contributed by atoms with Crippen LogP contribution in [0.1, 0.15) is 76.2 Å². The summed E-state index contributed by atoms with van der Waals surface area (Å²) in [6.07, 6.45) is 0. The lowest BCUT2D eigenvalue weighted by atomic mass is 9.31. The number of rotatable bonds is 1. The van der Waals surface area contributed by atoms with Gasteiger partial charge in [-0.05, 0) is 39.9 Å². The van der Waals surface area contributed by atoms with Crippen LogP contribution in [0, 0.1) is 33.0 Å². The minimum absolute atomic E-state index is 0.137. The Bertz CT molecular complexity index is 392. The van der Waals surface area contributed by atoms with E-state index in [2.05, 4.69) is 82.7 Å². The highest BCUT2D eigenvalue weighted by Gasteiger charge is 2.69. The summed E-state index contributed by atoms with van der Waals surface area (Å²) < 4.78 is 0. The first kappa shape index (κ1) is 16.8. The maximum Gasteiger partial charge on any atom is -0.00116 e. The lowest BCUT2D eigenvalue weighted by Gasteiger charge is -2.73. The predicted octanol–water partition coefficient (Wildman–Crippen LogP) is 6.32. The molecule has 112 valence electrons. The van der Waals surface area contributed by atoms with Crippen molar-refractivity contribution in [3.63, 3.8) is 0 Å². The number of allylic oxidation sites excluding steroid dienone is 1. The van der Waals surface area contributed by atoms with Gasteiger partial charge in [-0.25, -0.2) is 0 Å². The maximum atomic E-state index is 4.39. The molecule has 0 aliphatic heterocycles. The molecule has 0 bridgehead atoms. The summed E-state index contributed by atoms with van der Waals surface area (Å²) in [7, 11) is 0. The van der Waals surface area contributed by atoms with Gasteiger partial charge in [-0.1, -0.05) is 81.4 Å². The van der Waals surface area contributed by atoms with E-state index in [1.165, 1.54) is 5.57 Å². The van der Waals surface area contributed by atoms with Crippen LogP contribution in [0.5, 0.6) is 0 Å². The third kappa shape index (κ3) is 1.52. The topological polar surface area (TPSA) is 0 Å². The van der Waals surface area contributed by atoms with Gasteiger partial charge in [0.2, 0.25) is 0 Å². The molecule has 0 amide bonds. The molecular weight excluding hydrogens is 228 g/mol. The second-order valence-electron chi connectivity index (χ2n) is 9.32. The molecule has 2 atom stereocenters. The van der Waals surface area contributed by atoms with E-state index in [4.69, 9.17) is 0 Å². The molecule has 1 saturated carbocycles. The summed E-state index contributed by atoms with van der Waals surface area (Å²) in [4.78, 5) is 0. The molecule has 0 N–H and O–H groups in total. The average Bonchev–Trinajstić information content (AvgIpc) is 2.23. The highest BCUT2D eigenvalue weighted by molar-refractivity contribution is 5.26. The van der Waals surface area contributed by atoms with Crippen molar-refractivity contribution >= 4 is 0 Å². The number of hydrogen-bond donors (Lipinski definition) is 0.